The van der Waals surface area contributed by atoms with Gasteiger partial charge in [-0.2, -0.15) is 0 Å². The van der Waals surface area contributed by atoms with Gasteiger partial charge in [0.05, 0.1) is 23.7 Å². The Morgan fingerprint density at radius 1 is 0.953 bits per heavy atom. The van der Waals surface area contributed by atoms with Gasteiger partial charge >= 0.3 is 0 Å². The number of phenols is 1. The Labute approximate surface area is 266 Å². The molecule has 0 amide bonds. The molecule has 0 saturated heterocycles. The molecule has 220 valence electrons. The smallest absolute Gasteiger partial charge is 0.217 e. The van der Waals surface area contributed by atoms with E-state index in [-0.39, 0.29) is 44.3 Å². The predicted octanol–water partition coefficient (Wildman–Crippen LogP) is 7.77. The number of benzene rings is 3. The summed E-state index contributed by atoms with van der Waals surface area (Å²) in [7, 11) is 0. The maximum absolute atomic E-state index is 10.8. The van der Waals surface area contributed by atoms with Crippen LogP contribution in [0, 0.1) is 19.9 Å². The van der Waals surface area contributed by atoms with E-state index >= 15 is 0 Å². The Balaban J connectivity index is 0.00000329. The molecule has 1 N–H and O–H groups in total. The minimum absolute atomic E-state index is 0. The van der Waals surface area contributed by atoms with E-state index in [0.717, 1.165) is 28.8 Å². The second-order valence-electron chi connectivity index (χ2n) is 12.4. The number of phenolic OH excluding ortho intramolecular Hbond substituents is 1. The quantitative estimate of drug-likeness (QED) is 0.190. The topological polar surface area (TPSA) is 70.8 Å². The zero-order valence-corrected chi connectivity index (χ0v) is 27.1. The van der Waals surface area contributed by atoms with Crippen molar-refractivity contribution in [2.75, 3.05) is 4.90 Å². The van der Waals surface area contributed by atoms with Crippen LogP contribution >= 0.6 is 0 Å². The molecule has 3 aromatic carbocycles. The molecular weight excluding hydrogens is 716 g/mol. The zero-order chi connectivity index (χ0) is 29.2. The van der Waals surface area contributed by atoms with E-state index < -0.39 is 0 Å². The van der Waals surface area contributed by atoms with Crippen LogP contribution < -0.4 is 9.64 Å². The monoisotopic (exact) mass is 748 g/mol. The SMILES string of the molecule is Cc1cccc(C)c1N1C(c2[c-]c(Oc3ccc4cc(C(C)(C)C)cc(O)c4n3)cnc2)=N[C@H]2c3ccccc3C[C@H]21.[Pt]. The zero-order valence-electron chi connectivity index (χ0n) is 24.8. The van der Waals surface area contributed by atoms with Crippen LogP contribution in [0.4, 0.5) is 5.69 Å². The second-order valence-corrected chi connectivity index (χ2v) is 12.4. The summed E-state index contributed by atoms with van der Waals surface area (Å²) in [6, 6.07) is 26.2. The van der Waals surface area contributed by atoms with Gasteiger partial charge in [0, 0.05) is 38.2 Å². The summed E-state index contributed by atoms with van der Waals surface area (Å²) in [4.78, 5) is 16.8. The van der Waals surface area contributed by atoms with Crippen molar-refractivity contribution in [2.24, 2.45) is 4.99 Å². The molecule has 2 aromatic heterocycles. The van der Waals surface area contributed by atoms with Crippen LogP contribution in [0.3, 0.4) is 0 Å². The summed E-state index contributed by atoms with van der Waals surface area (Å²) in [6.45, 7) is 10.7. The number of aryl methyl sites for hydroxylation is 2. The molecule has 1 aliphatic heterocycles. The number of anilines is 1. The molecular formula is C36H33N4O2Pt-. The molecule has 1 aliphatic carbocycles. The van der Waals surface area contributed by atoms with E-state index in [9.17, 15) is 5.11 Å². The number of nitrogens with zero attached hydrogens (tertiary/aromatic N) is 4. The molecule has 7 rings (SSSR count). The van der Waals surface area contributed by atoms with Gasteiger partial charge in [0.2, 0.25) is 5.88 Å². The van der Waals surface area contributed by atoms with Crippen LogP contribution in [0.15, 0.2) is 84.1 Å². The van der Waals surface area contributed by atoms with E-state index in [1.165, 1.54) is 27.9 Å². The average molecular weight is 749 g/mol. The van der Waals surface area contributed by atoms with Crippen molar-refractivity contribution in [1.82, 2.24) is 9.97 Å². The largest absolute Gasteiger partial charge is 0.506 e. The number of amidine groups is 1. The van der Waals surface area contributed by atoms with Crippen molar-refractivity contribution < 1.29 is 30.9 Å². The second kappa shape index (κ2) is 10.9. The van der Waals surface area contributed by atoms with Gasteiger partial charge in [0.25, 0.3) is 0 Å². The van der Waals surface area contributed by atoms with Gasteiger partial charge in [-0.1, -0.05) is 81.1 Å². The predicted molar refractivity (Wildman–Crippen MR) is 167 cm³/mol. The van der Waals surface area contributed by atoms with Crippen molar-refractivity contribution in [3.8, 4) is 17.4 Å². The van der Waals surface area contributed by atoms with Crippen LogP contribution in [0.2, 0.25) is 0 Å². The first-order chi connectivity index (χ1) is 20.2. The molecule has 2 atom stereocenters. The summed E-state index contributed by atoms with van der Waals surface area (Å²) in [6.07, 6.45) is 4.35. The first-order valence-corrected chi connectivity index (χ1v) is 14.4. The molecule has 0 saturated carbocycles. The normalized spacial score (nSPS) is 17.3. The number of hydrogen-bond acceptors (Lipinski definition) is 6. The number of aromatic nitrogens is 2. The van der Waals surface area contributed by atoms with E-state index in [4.69, 9.17) is 9.73 Å². The average Bonchev–Trinajstić information content (AvgIpc) is 3.50. The summed E-state index contributed by atoms with van der Waals surface area (Å²) in [5, 5.41) is 11.6. The first kappa shape index (κ1) is 29.1. The summed E-state index contributed by atoms with van der Waals surface area (Å²) in [5.41, 5.74) is 8.44. The molecule has 0 radical (unpaired) electrons. The summed E-state index contributed by atoms with van der Waals surface area (Å²) >= 11 is 0. The van der Waals surface area contributed by atoms with Gasteiger partial charge in [0.1, 0.15) is 11.3 Å². The van der Waals surface area contributed by atoms with Crippen molar-refractivity contribution in [1.29, 1.82) is 0 Å². The van der Waals surface area contributed by atoms with Crippen LogP contribution in [0.25, 0.3) is 10.9 Å². The summed E-state index contributed by atoms with van der Waals surface area (Å²) in [5.74, 6) is 1.78. The number of para-hydroxylation sites is 1. The van der Waals surface area contributed by atoms with E-state index in [1.807, 2.05) is 12.1 Å². The third kappa shape index (κ3) is 5.12. The maximum atomic E-state index is 10.8. The first-order valence-electron chi connectivity index (χ1n) is 14.4. The fraction of sp³-hybridized carbons (Fsp3) is 0.250. The van der Waals surface area contributed by atoms with E-state index in [1.54, 1.807) is 18.5 Å². The fourth-order valence-corrected chi connectivity index (χ4v) is 6.29. The molecule has 0 unspecified atom stereocenters. The van der Waals surface area contributed by atoms with Crippen molar-refractivity contribution in [2.45, 2.75) is 58.5 Å². The van der Waals surface area contributed by atoms with Gasteiger partial charge in [0.15, 0.2) is 0 Å². The number of hydrogen-bond donors (Lipinski definition) is 1. The van der Waals surface area contributed by atoms with Gasteiger partial charge < -0.3 is 24.7 Å². The van der Waals surface area contributed by atoms with Gasteiger partial charge in [-0.05, 0) is 77.9 Å². The number of aliphatic imine (C=N–C) groups is 1. The van der Waals surface area contributed by atoms with Crippen LogP contribution in [-0.2, 0) is 32.9 Å². The fourth-order valence-electron chi connectivity index (χ4n) is 6.29. The number of fused-ring (bicyclic) bond motifs is 4. The number of pyridine rings is 2. The minimum atomic E-state index is -0.0872. The Morgan fingerprint density at radius 3 is 2.49 bits per heavy atom. The third-order valence-electron chi connectivity index (χ3n) is 8.39. The molecule has 0 bridgehead atoms. The number of aromatic hydroxyl groups is 1. The molecule has 0 spiro atoms. The van der Waals surface area contributed by atoms with Crippen molar-refractivity contribution in [3.63, 3.8) is 0 Å². The van der Waals surface area contributed by atoms with Gasteiger partial charge in [-0.15, -0.1) is 0 Å². The van der Waals surface area contributed by atoms with Crippen LogP contribution in [-0.4, -0.2) is 27.0 Å². The van der Waals surface area contributed by atoms with E-state index in [2.05, 4.69) is 104 Å². The Hall–Kier alpha value is -4.02. The molecule has 5 aromatic rings. The Bertz CT molecular complexity index is 1870. The van der Waals surface area contributed by atoms with Crippen LogP contribution in [0.5, 0.6) is 17.4 Å². The molecule has 43 heavy (non-hydrogen) atoms. The summed E-state index contributed by atoms with van der Waals surface area (Å²) < 4.78 is 6.16. The van der Waals surface area contributed by atoms with Crippen LogP contribution in [0.1, 0.15) is 60.2 Å². The number of ether oxygens (including phenoxy) is 1. The standard InChI is InChI=1S/C36H33N4O2.Pt/c1-21-9-8-10-22(2)34(21)40-29-17-23-11-6-7-12-28(23)33(29)39-35(40)25-16-27(20-37-19-25)42-31-14-13-24-15-26(36(3,4)5)18-30(41)32(24)38-31;/h6-15,18-20,29,33,41H,17H2,1-5H3;/q-1;/t29-,33+;/m1./s1. The molecule has 2 aliphatic rings. The Morgan fingerprint density at radius 2 is 1.72 bits per heavy atom. The van der Waals surface area contributed by atoms with Crippen molar-refractivity contribution >= 4 is 22.4 Å². The number of rotatable bonds is 4. The molecule has 6 nitrogen and oxygen atoms in total. The van der Waals surface area contributed by atoms with E-state index in [0.29, 0.717) is 17.1 Å². The maximum Gasteiger partial charge on any atom is 0.217 e. The molecule has 0 fully saturated rings. The van der Waals surface area contributed by atoms with Gasteiger partial charge in [-0.25, -0.2) is 4.98 Å². The van der Waals surface area contributed by atoms with Crippen molar-refractivity contribution in [3.05, 3.63) is 119 Å². The molecule has 3 heterocycles. The van der Waals surface area contributed by atoms with Gasteiger partial charge in [-0.3, -0.25) is 0 Å². The Kier molecular flexibility index (Phi) is 7.38. The minimum Gasteiger partial charge on any atom is -0.506 e. The molecule has 7 heteroatoms. The third-order valence-corrected chi connectivity index (χ3v) is 8.39.